The molecule has 1 aromatic heterocycles. The van der Waals surface area contributed by atoms with Crippen LogP contribution in [-0.2, 0) is 6.54 Å². The van der Waals surface area contributed by atoms with Crippen LogP contribution in [0.1, 0.15) is 34.2 Å². The van der Waals surface area contributed by atoms with E-state index in [4.69, 9.17) is 9.26 Å². The van der Waals surface area contributed by atoms with E-state index in [0.717, 1.165) is 22.6 Å². The lowest BCUT2D eigenvalue weighted by molar-refractivity contribution is 0.231. The van der Waals surface area contributed by atoms with E-state index in [2.05, 4.69) is 15.8 Å². The number of aryl methyl sites for hydroxylation is 2. The number of nitrogens with zero attached hydrogens (tertiary/aromatic N) is 1. The van der Waals surface area contributed by atoms with E-state index in [1.807, 2.05) is 32.9 Å². The number of hydrogen-bond donors (Lipinski definition) is 2. The van der Waals surface area contributed by atoms with Gasteiger partial charge in [-0.15, -0.1) is 0 Å². The van der Waals surface area contributed by atoms with Crippen LogP contribution in [-0.4, -0.2) is 17.8 Å². The summed E-state index contributed by atoms with van der Waals surface area (Å²) in [6.07, 6.45) is 0. The molecule has 6 heteroatoms. The maximum Gasteiger partial charge on any atom is 0.315 e. The van der Waals surface area contributed by atoms with Crippen LogP contribution < -0.4 is 15.4 Å². The summed E-state index contributed by atoms with van der Waals surface area (Å²) in [5.41, 5.74) is 4.03. The van der Waals surface area contributed by atoms with E-state index >= 15 is 0 Å². The van der Waals surface area contributed by atoms with E-state index < -0.39 is 0 Å². The number of aromatic nitrogens is 1. The fourth-order valence-electron chi connectivity index (χ4n) is 2.53. The van der Waals surface area contributed by atoms with Crippen LogP contribution in [0.5, 0.6) is 5.75 Å². The molecule has 22 heavy (non-hydrogen) atoms. The molecule has 0 radical (unpaired) electrons. The Morgan fingerprint density at radius 1 is 1.36 bits per heavy atom. The van der Waals surface area contributed by atoms with Gasteiger partial charge in [0.25, 0.3) is 0 Å². The van der Waals surface area contributed by atoms with Gasteiger partial charge in [0.2, 0.25) is 0 Å². The molecule has 2 N–H and O–H groups in total. The molecular weight excluding hydrogens is 282 g/mol. The summed E-state index contributed by atoms with van der Waals surface area (Å²) in [7, 11) is 0. The number of rotatable bonds is 3. The Kier molecular flexibility index (Phi) is 3.75. The molecule has 1 aliphatic heterocycles. The van der Waals surface area contributed by atoms with Crippen molar-refractivity contribution >= 4 is 6.03 Å². The highest BCUT2D eigenvalue weighted by Gasteiger charge is 2.27. The fraction of sp³-hybridized carbons (Fsp3) is 0.375. The van der Waals surface area contributed by atoms with Crippen molar-refractivity contribution in [1.82, 2.24) is 15.8 Å². The second-order valence-corrected chi connectivity index (χ2v) is 5.55. The summed E-state index contributed by atoms with van der Waals surface area (Å²) in [5.74, 6) is 1.61. The lowest BCUT2D eigenvalue weighted by Crippen LogP contribution is -2.38. The van der Waals surface area contributed by atoms with Gasteiger partial charge in [-0.25, -0.2) is 4.79 Å². The predicted molar refractivity (Wildman–Crippen MR) is 80.8 cm³/mol. The molecule has 1 aromatic carbocycles. The van der Waals surface area contributed by atoms with Crippen molar-refractivity contribution in [3.8, 4) is 5.75 Å². The molecule has 1 aliphatic rings. The minimum absolute atomic E-state index is 0.131. The zero-order valence-corrected chi connectivity index (χ0v) is 12.9. The van der Waals surface area contributed by atoms with Gasteiger partial charge in [-0.3, -0.25) is 0 Å². The Balaban J connectivity index is 1.61. The molecule has 0 unspecified atom stereocenters. The van der Waals surface area contributed by atoms with Crippen LogP contribution in [0.4, 0.5) is 4.79 Å². The highest BCUT2D eigenvalue weighted by atomic mass is 16.5. The lowest BCUT2D eigenvalue weighted by Gasteiger charge is -2.12. The number of carbonyl (C=O) groups is 1. The van der Waals surface area contributed by atoms with Crippen molar-refractivity contribution in [1.29, 1.82) is 0 Å². The van der Waals surface area contributed by atoms with Gasteiger partial charge in [-0.2, -0.15) is 0 Å². The average Bonchev–Trinajstić information content (AvgIpc) is 3.08. The summed E-state index contributed by atoms with van der Waals surface area (Å²) in [6.45, 7) is 6.68. The fourth-order valence-corrected chi connectivity index (χ4v) is 2.53. The first kappa shape index (κ1) is 14.4. The largest absolute Gasteiger partial charge is 0.490 e. The van der Waals surface area contributed by atoms with Gasteiger partial charge < -0.3 is 19.9 Å². The number of benzene rings is 1. The Bertz CT molecular complexity index is 709. The van der Waals surface area contributed by atoms with Crippen LogP contribution >= 0.6 is 0 Å². The molecule has 6 nitrogen and oxygen atoms in total. The number of carbonyl (C=O) groups excluding carboxylic acids is 1. The minimum atomic E-state index is -0.250. The van der Waals surface area contributed by atoms with Crippen LogP contribution in [0.25, 0.3) is 0 Å². The molecule has 3 rings (SSSR count). The lowest BCUT2D eigenvalue weighted by atomic mass is 10.0. The van der Waals surface area contributed by atoms with Gasteiger partial charge in [0, 0.05) is 11.6 Å². The molecule has 0 fully saturated rings. The zero-order valence-electron chi connectivity index (χ0n) is 12.9. The van der Waals surface area contributed by atoms with Crippen LogP contribution in [0.2, 0.25) is 0 Å². The topological polar surface area (TPSA) is 76.4 Å². The van der Waals surface area contributed by atoms with Gasteiger partial charge in [-0.05, 0) is 31.9 Å². The van der Waals surface area contributed by atoms with E-state index in [9.17, 15) is 4.79 Å². The van der Waals surface area contributed by atoms with E-state index in [1.165, 1.54) is 5.56 Å². The van der Waals surface area contributed by atoms with E-state index in [1.54, 1.807) is 6.07 Å². The van der Waals surface area contributed by atoms with Crippen molar-refractivity contribution in [3.05, 3.63) is 46.3 Å². The first-order valence-electron chi connectivity index (χ1n) is 7.24. The van der Waals surface area contributed by atoms with E-state index in [-0.39, 0.29) is 12.1 Å². The van der Waals surface area contributed by atoms with Crippen molar-refractivity contribution < 1.29 is 14.1 Å². The highest BCUT2D eigenvalue weighted by molar-refractivity contribution is 5.74. The van der Waals surface area contributed by atoms with Crippen LogP contribution in [0, 0.1) is 20.8 Å². The molecule has 2 amide bonds. The molecule has 0 saturated carbocycles. The number of hydrogen-bond acceptors (Lipinski definition) is 4. The molecule has 2 heterocycles. The standard InChI is InChI=1S/C16H19N3O3/c1-9-4-5-13-14(8-21-15(13)11(9)3)18-16(20)17-7-12-6-10(2)22-19-12/h4-6,14H,7-8H2,1-3H3,(H2,17,18,20)/t14-/m1/s1. The monoisotopic (exact) mass is 301 g/mol. The highest BCUT2D eigenvalue weighted by Crippen LogP contribution is 2.36. The summed E-state index contributed by atoms with van der Waals surface area (Å²) in [6, 6.07) is 5.47. The van der Waals surface area contributed by atoms with Gasteiger partial charge in [0.15, 0.2) is 0 Å². The second-order valence-electron chi connectivity index (χ2n) is 5.55. The Morgan fingerprint density at radius 3 is 2.91 bits per heavy atom. The zero-order chi connectivity index (χ0) is 15.7. The van der Waals surface area contributed by atoms with Crippen molar-refractivity contribution in [2.24, 2.45) is 0 Å². The number of ether oxygens (including phenoxy) is 1. The molecule has 1 atom stereocenters. The second kappa shape index (κ2) is 5.71. The average molecular weight is 301 g/mol. The summed E-state index contributed by atoms with van der Waals surface area (Å²) < 4.78 is 10.7. The Labute approximate surface area is 128 Å². The number of fused-ring (bicyclic) bond motifs is 1. The molecule has 0 saturated heterocycles. The quantitative estimate of drug-likeness (QED) is 0.913. The molecule has 0 bridgehead atoms. The summed E-state index contributed by atoms with van der Waals surface area (Å²) >= 11 is 0. The van der Waals surface area contributed by atoms with Gasteiger partial charge in [-0.1, -0.05) is 17.3 Å². The van der Waals surface area contributed by atoms with E-state index in [0.29, 0.717) is 18.8 Å². The van der Waals surface area contributed by atoms with Gasteiger partial charge in [0.05, 0.1) is 12.6 Å². The number of nitrogens with one attached hydrogen (secondary N) is 2. The first-order chi connectivity index (χ1) is 10.5. The Morgan fingerprint density at radius 2 is 2.18 bits per heavy atom. The van der Waals surface area contributed by atoms with Gasteiger partial charge in [0.1, 0.15) is 23.8 Å². The maximum absolute atomic E-state index is 12.0. The predicted octanol–water partition coefficient (Wildman–Crippen LogP) is 2.53. The molecular formula is C16H19N3O3. The SMILES string of the molecule is Cc1cc(CNC(=O)N[C@@H]2COc3c2ccc(C)c3C)no1. The molecule has 2 aromatic rings. The van der Waals surface area contributed by atoms with Crippen molar-refractivity contribution in [3.63, 3.8) is 0 Å². The summed E-state index contributed by atoms with van der Waals surface area (Å²) in [4.78, 5) is 12.0. The van der Waals surface area contributed by atoms with Crippen molar-refractivity contribution in [2.45, 2.75) is 33.4 Å². The first-order valence-corrected chi connectivity index (χ1v) is 7.24. The molecule has 0 aliphatic carbocycles. The van der Waals surface area contributed by atoms with Gasteiger partial charge >= 0.3 is 6.03 Å². The number of urea groups is 1. The minimum Gasteiger partial charge on any atom is -0.490 e. The summed E-state index contributed by atoms with van der Waals surface area (Å²) in [5, 5.41) is 9.53. The van der Waals surface area contributed by atoms with Crippen LogP contribution in [0.3, 0.4) is 0 Å². The molecule has 0 spiro atoms. The maximum atomic E-state index is 12.0. The van der Waals surface area contributed by atoms with Crippen molar-refractivity contribution in [2.75, 3.05) is 6.61 Å². The normalized spacial score (nSPS) is 16.0. The van der Waals surface area contributed by atoms with Crippen LogP contribution in [0.15, 0.2) is 22.7 Å². The third-order valence-electron chi connectivity index (χ3n) is 3.89. The smallest absolute Gasteiger partial charge is 0.315 e. The number of amides is 2. The Hall–Kier alpha value is -2.50. The third kappa shape index (κ3) is 2.77. The molecule has 116 valence electrons. The third-order valence-corrected chi connectivity index (χ3v) is 3.89.